The maximum absolute atomic E-state index is 13.1. The lowest BCUT2D eigenvalue weighted by atomic mass is 9.70. The van der Waals surface area contributed by atoms with Crippen LogP contribution in [0.3, 0.4) is 0 Å². The van der Waals surface area contributed by atoms with Crippen molar-refractivity contribution in [1.82, 2.24) is 14.9 Å². The first-order chi connectivity index (χ1) is 15.6. The molecule has 0 N–H and O–H groups in total. The second-order valence-corrected chi connectivity index (χ2v) is 9.71. The zero-order chi connectivity index (χ0) is 21.6. The molecule has 156 valence electrons. The van der Waals surface area contributed by atoms with Crippen molar-refractivity contribution >= 4 is 32.9 Å². The number of ether oxygens (including phenoxy) is 1. The van der Waals surface area contributed by atoms with Crippen molar-refractivity contribution in [3.63, 3.8) is 0 Å². The summed E-state index contributed by atoms with van der Waals surface area (Å²) in [5, 5.41) is 0. The van der Waals surface area contributed by atoms with Crippen LogP contribution < -0.4 is 4.74 Å². The average Bonchev–Trinajstić information content (AvgIpc) is 3.27. The maximum atomic E-state index is 13.1. The molecule has 5 nitrogen and oxygen atoms in total. The van der Waals surface area contributed by atoms with Crippen molar-refractivity contribution in [2.45, 2.75) is 11.5 Å². The monoisotopic (exact) mass is 483 g/mol. The Bertz CT molecular complexity index is 1470. The van der Waals surface area contributed by atoms with Crippen LogP contribution in [0.2, 0.25) is 0 Å². The van der Waals surface area contributed by atoms with Crippen molar-refractivity contribution in [3.05, 3.63) is 88.0 Å². The third kappa shape index (κ3) is 2.14. The largest absolute Gasteiger partial charge is 0.426 e. The fourth-order valence-electron chi connectivity index (χ4n) is 6.07. The molecule has 3 aromatic carbocycles. The van der Waals surface area contributed by atoms with Crippen molar-refractivity contribution in [2.24, 2.45) is 5.92 Å². The Kier molecular flexibility index (Phi) is 3.60. The number of rotatable bonds is 0. The maximum Gasteiger partial charge on any atom is 0.316 e. The van der Waals surface area contributed by atoms with Gasteiger partial charge in [-0.1, -0.05) is 52.3 Å². The summed E-state index contributed by atoms with van der Waals surface area (Å²) in [7, 11) is 2.09. The predicted octanol–water partition coefficient (Wildman–Crippen LogP) is 4.88. The number of aromatic nitrogens is 2. The first-order valence-corrected chi connectivity index (χ1v) is 11.5. The number of esters is 1. The third-order valence-corrected chi connectivity index (χ3v) is 7.76. The number of fused-ring (bicyclic) bond motifs is 10. The summed E-state index contributed by atoms with van der Waals surface area (Å²) in [5.74, 6) is 0.0511. The highest BCUT2D eigenvalue weighted by Gasteiger charge is 2.64. The summed E-state index contributed by atoms with van der Waals surface area (Å²) >= 11 is 3.63. The lowest BCUT2D eigenvalue weighted by Gasteiger charge is -2.40. The van der Waals surface area contributed by atoms with Gasteiger partial charge in [0.15, 0.2) is 0 Å². The second-order valence-electron chi connectivity index (χ2n) is 8.79. The van der Waals surface area contributed by atoms with E-state index in [2.05, 4.69) is 52.1 Å². The van der Waals surface area contributed by atoms with E-state index in [1.165, 1.54) is 0 Å². The molecule has 32 heavy (non-hydrogen) atoms. The van der Waals surface area contributed by atoms with Gasteiger partial charge in [-0.25, -0.2) is 9.97 Å². The number of likely N-dealkylation sites (tertiary alicyclic amines) is 1. The molecule has 0 radical (unpaired) electrons. The summed E-state index contributed by atoms with van der Waals surface area (Å²) in [5.41, 5.74) is 6.25. The highest BCUT2D eigenvalue weighted by molar-refractivity contribution is 9.10. The van der Waals surface area contributed by atoms with E-state index < -0.39 is 5.54 Å². The van der Waals surface area contributed by atoms with Gasteiger partial charge < -0.3 is 4.74 Å². The number of benzene rings is 3. The van der Waals surface area contributed by atoms with Crippen LogP contribution in [0.25, 0.3) is 22.3 Å². The Labute approximate surface area is 193 Å². The molecule has 1 aromatic heterocycles. The number of hydrogen-bond donors (Lipinski definition) is 0. The summed E-state index contributed by atoms with van der Waals surface area (Å²) in [6.07, 6.45) is 0. The smallest absolute Gasteiger partial charge is 0.316 e. The van der Waals surface area contributed by atoms with Gasteiger partial charge in [-0.05, 0) is 42.9 Å². The first kappa shape index (κ1) is 18.5. The van der Waals surface area contributed by atoms with Crippen LogP contribution in [0.4, 0.5) is 0 Å². The lowest BCUT2D eigenvalue weighted by molar-refractivity contribution is -0.140. The molecule has 3 atom stereocenters. The van der Waals surface area contributed by atoms with E-state index in [0.29, 0.717) is 12.3 Å². The first-order valence-electron chi connectivity index (χ1n) is 10.7. The molecule has 1 fully saturated rings. The number of carbonyl (C=O) groups is 1. The number of hydrogen-bond acceptors (Lipinski definition) is 5. The van der Waals surface area contributed by atoms with Crippen LogP contribution in [-0.2, 0) is 10.3 Å². The van der Waals surface area contributed by atoms with Gasteiger partial charge in [0, 0.05) is 28.1 Å². The minimum atomic E-state index is -0.595. The van der Waals surface area contributed by atoms with Gasteiger partial charge in [0.2, 0.25) is 0 Å². The fourth-order valence-corrected chi connectivity index (χ4v) is 6.45. The molecule has 7 rings (SSSR count). The van der Waals surface area contributed by atoms with E-state index in [-0.39, 0.29) is 17.8 Å². The molecule has 0 bridgehead atoms. The Hall–Kier alpha value is -3.09. The standard InChI is InChI=1S/C26H18BrN3O2/c1-30-13-17-22(16-12-14(27)10-11-21(16)32-25(17)31)26(30)18-7-3-2-6-15(18)23-24(26)29-20-9-5-4-8-19(20)28-23/h2-12,17,22H,13H2,1H3. The number of likely N-dealkylation sites (N-methyl/N-ethyl adjacent to an activating group) is 1. The number of carbonyl (C=O) groups excluding carboxylic acids is 1. The van der Waals surface area contributed by atoms with Gasteiger partial charge in [-0.3, -0.25) is 9.69 Å². The molecule has 3 heterocycles. The molecule has 0 amide bonds. The van der Waals surface area contributed by atoms with Gasteiger partial charge in [-0.2, -0.15) is 0 Å². The molecule has 3 unspecified atom stereocenters. The van der Waals surface area contributed by atoms with Crippen LogP contribution in [-0.4, -0.2) is 34.4 Å². The van der Waals surface area contributed by atoms with Gasteiger partial charge >= 0.3 is 5.97 Å². The molecular formula is C26H18BrN3O2. The fraction of sp³-hybridized carbons (Fsp3) is 0.192. The van der Waals surface area contributed by atoms with E-state index in [1.807, 2.05) is 42.5 Å². The molecule has 3 aliphatic rings. The van der Waals surface area contributed by atoms with E-state index in [0.717, 1.165) is 43.6 Å². The van der Waals surface area contributed by atoms with Gasteiger partial charge in [0.25, 0.3) is 0 Å². The Morgan fingerprint density at radius 3 is 2.62 bits per heavy atom. The Morgan fingerprint density at radius 2 is 1.78 bits per heavy atom. The molecule has 0 saturated carbocycles. The minimum Gasteiger partial charge on any atom is -0.426 e. The lowest BCUT2D eigenvalue weighted by Crippen LogP contribution is -2.44. The summed E-state index contributed by atoms with van der Waals surface area (Å²) < 4.78 is 6.74. The van der Waals surface area contributed by atoms with Gasteiger partial charge in [-0.15, -0.1) is 0 Å². The molecule has 4 aromatic rings. The number of nitrogens with zero attached hydrogens (tertiary/aromatic N) is 3. The zero-order valence-electron chi connectivity index (χ0n) is 17.2. The molecule has 6 heteroatoms. The highest BCUT2D eigenvalue weighted by Crippen LogP contribution is 2.63. The number of halogens is 1. The van der Waals surface area contributed by atoms with Crippen molar-refractivity contribution in [3.8, 4) is 17.0 Å². The van der Waals surface area contributed by atoms with Crippen molar-refractivity contribution < 1.29 is 9.53 Å². The van der Waals surface area contributed by atoms with Crippen LogP contribution in [0.5, 0.6) is 5.75 Å². The topological polar surface area (TPSA) is 55.3 Å². The molecule has 1 spiro atoms. The minimum absolute atomic E-state index is 0.126. The second kappa shape index (κ2) is 6.24. The summed E-state index contributed by atoms with van der Waals surface area (Å²) in [6, 6.07) is 22.3. The van der Waals surface area contributed by atoms with Gasteiger partial charge in [0.1, 0.15) is 5.75 Å². The number of para-hydroxylation sites is 2. The predicted molar refractivity (Wildman–Crippen MR) is 124 cm³/mol. The summed E-state index contributed by atoms with van der Waals surface area (Å²) in [6.45, 7) is 0.595. The van der Waals surface area contributed by atoms with E-state index in [9.17, 15) is 4.79 Å². The van der Waals surface area contributed by atoms with Crippen LogP contribution in [0, 0.1) is 5.92 Å². The zero-order valence-corrected chi connectivity index (χ0v) is 18.8. The van der Waals surface area contributed by atoms with E-state index in [1.54, 1.807) is 0 Å². The van der Waals surface area contributed by atoms with Crippen molar-refractivity contribution in [2.75, 3.05) is 13.6 Å². The molecular weight excluding hydrogens is 466 g/mol. The van der Waals surface area contributed by atoms with Crippen LogP contribution in [0.15, 0.2) is 71.2 Å². The highest BCUT2D eigenvalue weighted by atomic mass is 79.9. The molecule has 1 aliphatic carbocycles. The van der Waals surface area contributed by atoms with Crippen LogP contribution >= 0.6 is 15.9 Å². The van der Waals surface area contributed by atoms with Gasteiger partial charge in [0.05, 0.1) is 33.9 Å². The SMILES string of the molecule is CN1CC2C(=O)Oc3ccc(Br)cc3C2C12c1ccccc1-c1nc3ccccc3nc12. The quantitative estimate of drug-likeness (QED) is 0.263. The molecule has 1 saturated heterocycles. The Balaban J connectivity index is 1.62. The average molecular weight is 484 g/mol. The van der Waals surface area contributed by atoms with E-state index >= 15 is 0 Å². The Morgan fingerprint density at radius 1 is 1.03 bits per heavy atom. The van der Waals surface area contributed by atoms with E-state index in [4.69, 9.17) is 14.7 Å². The van der Waals surface area contributed by atoms with Crippen molar-refractivity contribution in [1.29, 1.82) is 0 Å². The molecule has 2 aliphatic heterocycles. The third-order valence-electron chi connectivity index (χ3n) is 7.27. The normalized spacial score (nSPS) is 25.4. The summed E-state index contributed by atoms with van der Waals surface area (Å²) in [4.78, 5) is 25.7. The van der Waals surface area contributed by atoms with Crippen LogP contribution in [0.1, 0.15) is 22.7 Å².